The van der Waals surface area contributed by atoms with E-state index >= 15 is 0 Å². The molecule has 1 heterocycles. The maximum absolute atomic E-state index is 5.06. The van der Waals surface area contributed by atoms with Crippen LogP contribution in [-0.2, 0) is 12.8 Å². The molecule has 132 valence electrons. The van der Waals surface area contributed by atoms with Crippen LogP contribution in [0.3, 0.4) is 0 Å². The van der Waals surface area contributed by atoms with Crippen LogP contribution in [-0.4, -0.2) is 9.78 Å². The second-order valence-electron chi connectivity index (χ2n) is 7.09. The van der Waals surface area contributed by atoms with Gasteiger partial charge in [0.2, 0.25) is 0 Å². The van der Waals surface area contributed by atoms with Gasteiger partial charge in [0.05, 0.1) is 17.1 Å². The van der Waals surface area contributed by atoms with E-state index in [0.29, 0.717) is 0 Å². The van der Waals surface area contributed by atoms with Gasteiger partial charge in [0.15, 0.2) is 0 Å². The van der Waals surface area contributed by atoms with Gasteiger partial charge in [0.1, 0.15) is 0 Å². The lowest BCUT2D eigenvalue weighted by molar-refractivity contribution is 0.817. The summed E-state index contributed by atoms with van der Waals surface area (Å²) in [5, 5.41) is 5.06. The van der Waals surface area contributed by atoms with Crippen molar-refractivity contribution in [2.45, 2.75) is 19.8 Å². The number of fused-ring (bicyclic) bond motifs is 3. The summed E-state index contributed by atoms with van der Waals surface area (Å²) >= 11 is 3.64. The molecule has 3 heteroatoms. The molecule has 0 saturated carbocycles. The van der Waals surface area contributed by atoms with Crippen molar-refractivity contribution in [3.05, 3.63) is 94.1 Å². The summed E-state index contributed by atoms with van der Waals surface area (Å²) in [5.41, 5.74) is 9.88. The molecule has 3 aromatic carbocycles. The van der Waals surface area contributed by atoms with Crippen molar-refractivity contribution in [1.29, 1.82) is 0 Å². The first-order chi connectivity index (χ1) is 13.2. The fourth-order valence-electron chi connectivity index (χ4n) is 3.93. The number of aromatic nitrogens is 2. The normalized spacial score (nSPS) is 12.5. The van der Waals surface area contributed by atoms with E-state index in [4.69, 9.17) is 5.10 Å². The van der Waals surface area contributed by atoms with Crippen molar-refractivity contribution in [3.63, 3.8) is 0 Å². The molecule has 0 amide bonds. The molecule has 0 fully saturated rings. The highest BCUT2D eigenvalue weighted by molar-refractivity contribution is 9.10. The van der Waals surface area contributed by atoms with E-state index in [1.165, 1.54) is 39.2 Å². The van der Waals surface area contributed by atoms with Crippen LogP contribution in [0.1, 0.15) is 16.8 Å². The van der Waals surface area contributed by atoms with Crippen molar-refractivity contribution in [1.82, 2.24) is 9.78 Å². The van der Waals surface area contributed by atoms with Crippen LogP contribution in [0.5, 0.6) is 0 Å². The second-order valence-corrected chi connectivity index (χ2v) is 8.00. The lowest BCUT2D eigenvalue weighted by atomic mass is 9.87. The molecule has 0 aliphatic heterocycles. The van der Waals surface area contributed by atoms with Gasteiger partial charge in [0, 0.05) is 15.6 Å². The predicted octanol–water partition coefficient (Wildman–Crippen LogP) is 6.38. The lowest BCUT2D eigenvalue weighted by Gasteiger charge is -2.17. The minimum atomic E-state index is 0.978. The molecule has 2 nitrogen and oxygen atoms in total. The Kier molecular flexibility index (Phi) is 3.98. The highest BCUT2D eigenvalue weighted by atomic mass is 79.9. The van der Waals surface area contributed by atoms with Crippen LogP contribution in [0.4, 0.5) is 0 Å². The number of aryl methyl sites for hydroxylation is 3. The van der Waals surface area contributed by atoms with E-state index < -0.39 is 0 Å². The Balaban J connectivity index is 1.83. The first-order valence-corrected chi connectivity index (χ1v) is 10.0. The van der Waals surface area contributed by atoms with Crippen LogP contribution >= 0.6 is 15.9 Å². The Morgan fingerprint density at radius 2 is 1.70 bits per heavy atom. The molecule has 0 unspecified atom stereocenters. The molecular formula is C24H19BrN2. The van der Waals surface area contributed by atoms with E-state index in [9.17, 15) is 0 Å². The largest absolute Gasteiger partial charge is 0.232 e. The summed E-state index contributed by atoms with van der Waals surface area (Å²) in [6.45, 7) is 2.11. The van der Waals surface area contributed by atoms with Gasteiger partial charge in [-0.05, 0) is 55.2 Å². The first kappa shape index (κ1) is 16.5. The highest BCUT2D eigenvalue weighted by Gasteiger charge is 2.26. The maximum Gasteiger partial charge on any atom is 0.0822 e. The number of nitrogens with zero attached hydrogens (tertiary/aromatic N) is 2. The predicted molar refractivity (Wildman–Crippen MR) is 114 cm³/mol. The molecular weight excluding hydrogens is 396 g/mol. The monoisotopic (exact) mass is 414 g/mol. The number of hydrogen-bond donors (Lipinski definition) is 0. The van der Waals surface area contributed by atoms with Gasteiger partial charge in [-0.25, -0.2) is 4.68 Å². The fraction of sp³-hybridized carbons (Fsp3) is 0.125. The van der Waals surface area contributed by atoms with Crippen molar-refractivity contribution in [3.8, 4) is 28.1 Å². The minimum Gasteiger partial charge on any atom is -0.232 e. The molecule has 0 N–H and O–H groups in total. The van der Waals surface area contributed by atoms with E-state index in [1.807, 2.05) is 0 Å². The van der Waals surface area contributed by atoms with Crippen LogP contribution in [0.25, 0.3) is 28.1 Å². The Bertz CT molecular complexity index is 1140. The van der Waals surface area contributed by atoms with Gasteiger partial charge in [-0.15, -0.1) is 0 Å². The molecule has 0 spiro atoms. The molecule has 0 radical (unpaired) electrons. The Hall–Kier alpha value is -2.65. The average Bonchev–Trinajstić information content (AvgIpc) is 3.08. The number of rotatable bonds is 2. The molecule has 27 heavy (non-hydrogen) atoms. The summed E-state index contributed by atoms with van der Waals surface area (Å²) in [6.07, 6.45) is 2.03. The third kappa shape index (κ3) is 2.83. The topological polar surface area (TPSA) is 17.8 Å². The summed E-state index contributed by atoms with van der Waals surface area (Å²) in [5.74, 6) is 0. The summed E-state index contributed by atoms with van der Waals surface area (Å²) in [6, 6.07) is 25.8. The van der Waals surface area contributed by atoms with Crippen LogP contribution in [0, 0.1) is 6.92 Å². The van der Waals surface area contributed by atoms with Gasteiger partial charge in [-0.2, -0.15) is 5.10 Å². The van der Waals surface area contributed by atoms with Crippen LogP contribution in [0.2, 0.25) is 0 Å². The SMILES string of the molecule is Cc1ccc(-n2nc3c(c2-c2cccc(Br)c2)-c2ccccc2CC3)cc1. The molecule has 1 aromatic heterocycles. The second kappa shape index (κ2) is 6.50. The third-order valence-corrected chi connectivity index (χ3v) is 5.75. The van der Waals surface area contributed by atoms with Gasteiger partial charge in [-0.1, -0.05) is 70.0 Å². The zero-order valence-corrected chi connectivity index (χ0v) is 16.7. The number of benzene rings is 3. The minimum absolute atomic E-state index is 0.978. The molecule has 0 bridgehead atoms. The first-order valence-electron chi connectivity index (χ1n) is 9.24. The van der Waals surface area contributed by atoms with E-state index in [-0.39, 0.29) is 0 Å². The average molecular weight is 415 g/mol. The third-order valence-electron chi connectivity index (χ3n) is 5.25. The maximum atomic E-state index is 5.06. The molecule has 1 aliphatic carbocycles. The Labute approximate surface area is 167 Å². The molecule has 1 aliphatic rings. The van der Waals surface area contributed by atoms with Crippen molar-refractivity contribution in [2.75, 3.05) is 0 Å². The quantitative estimate of drug-likeness (QED) is 0.372. The number of halogens is 1. The van der Waals surface area contributed by atoms with Gasteiger partial charge in [0.25, 0.3) is 0 Å². The Morgan fingerprint density at radius 1 is 0.889 bits per heavy atom. The van der Waals surface area contributed by atoms with Gasteiger partial charge >= 0.3 is 0 Å². The van der Waals surface area contributed by atoms with E-state index in [1.54, 1.807) is 0 Å². The van der Waals surface area contributed by atoms with Crippen molar-refractivity contribution < 1.29 is 0 Å². The standard InChI is InChI=1S/C24H19BrN2/c1-16-9-12-20(13-10-16)27-24(18-6-4-7-19(25)15-18)23-21-8-3-2-5-17(21)11-14-22(23)26-27/h2-10,12-13,15H,11,14H2,1H3. The lowest BCUT2D eigenvalue weighted by Crippen LogP contribution is -2.03. The summed E-state index contributed by atoms with van der Waals surface area (Å²) in [7, 11) is 0. The molecule has 4 aromatic rings. The van der Waals surface area contributed by atoms with Gasteiger partial charge < -0.3 is 0 Å². The van der Waals surface area contributed by atoms with E-state index in [0.717, 1.165) is 23.0 Å². The van der Waals surface area contributed by atoms with Gasteiger partial charge in [-0.3, -0.25) is 0 Å². The van der Waals surface area contributed by atoms with Crippen LogP contribution < -0.4 is 0 Å². The zero-order chi connectivity index (χ0) is 18.4. The molecule has 5 rings (SSSR count). The summed E-state index contributed by atoms with van der Waals surface area (Å²) in [4.78, 5) is 0. The van der Waals surface area contributed by atoms with Crippen molar-refractivity contribution >= 4 is 15.9 Å². The molecule has 0 atom stereocenters. The zero-order valence-electron chi connectivity index (χ0n) is 15.1. The van der Waals surface area contributed by atoms with Crippen molar-refractivity contribution in [2.24, 2.45) is 0 Å². The highest BCUT2D eigenvalue weighted by Crippen LogP contribution is 2.42. The molecule has 0 saturated heterocycles. The smallest absolute Gasteiger partial charge is 0.0822 e. The fourth-order valence-corrected chi connectivity index (χ4v) is 4.33. The number of hydrogen-bond acceptors (Lipinski definition) is 1. The van der Waals surface area contributed by atoms with E-state index in [2.05, 4.69) is 100 Å². The Morgan fingerprint density at radius 3 is 2.52 bits per heavy atom. The van der Waals surface area contributed by atoms with Crippen LogP contribution in [0.15, 0.2) is 77.3 Å². The summed E-state index contributed by atoms with van der Waals surface area (Å²) < 4.78 is 3.20.